The minimum Gasteiger partial charge on any atom is -0.351 e. The summed E-state index contributed by atoms with van der Waals surface area (Å²) in [5.74, 6) is 1.13. The average molecular weight is 283 g/mol. The van der Waals surface area contributed by atoms with Gasteiger partial charge in [-0.15, -0.1) is 0 Å². The lowest BCUT2D eigenvalue weighted by Gasteiger charge is -2.40. The maximum atomic E-state index is 4.54. The molecular formula is C13H19BrN2. The number of aromatic nitrogens is 1. The van der Waals surface area contributed by atoms with Crippen molar-refractivity contribution in [2.45, 2.75) is 52.1 Å². The zero-order valence-corrected chi connectivity index (χ0v) is 11.8. The van der Waals surface area contributed by atoms with Gasteiger partial charge in [-0.05, 0) is 67.6 Å². The van der Waals surface area contributed by atoms with Crippen LogP contribution in [0.15, 0.2) is 16.7 Å². The summed E-state index contributed by atoms with van der Waals surface area (Å²) in [7, 11) is 0. The lowest BCUT2D eigenvalue weighted by atomic mass is 9.97. The van der Waals surface area contributed by atoms with Gasteiger partial charge in [0.05, 0.1) is 0 Å². The average Bonchev–Trinajstić information content (AvgIpc) is 2.23. The highest BCUT2D eigenvalue weighted by Crippen LogP contribution is 2.29. The molecular weight excluding hydrogens is 264 g/mol. The first-order valence-corrected chi connectivity index (χ1v) is 6.79. The number of halogens is 1. The van der Waals surface area contributed by atoms with Crippen LogP contribution in [0.5, 0.6) is 0 Å². The van der Waals surface area contributed by atoms with Crippen molar-refractivity contribution in [1.29, 1.82) is 0 Å². The van der Waals surface area contributed by atoms with Crippen molar-refractivity contribution < 1.29 is 0 Å². The van der Waals surface area contributed by atoms with Crippen LogP contribution < -0.4 is 4.90 Å². The summed E-state index contributed by atoms with van der Waals surface area (Å²) >= 11 is 3.50. The third-order valence-corrected chi connectivity index (χ3v) is 4.32. The normalized spacial score (nSPS) is 25.9. The van der Waals surface area contributed by atoms with E-state index in [9.17, 15) is 0 Å². The standard InChI is InChI=1S/C13H19BrN2/c1-9-7-13(15-8-12(9)14)16-10(2)5-4-6-11(16)3/h7-8,10-11H,4-6H2,1-3H3/t10-,11+. The molecule has 0 bridgehead atoms. The van der Waals surface area contributed by atoms with Gasteiger partial charge in [-0.3, -0.25) is 0 Å². The number of nitrogens with zero attached hydrogens (tertiary/aromatic N) is 2. The van der Waals surface area contributed by atoms with E-state index in [1.54, 1.807) is 0 Å². The zero-order chi connectivity index (χ0) is 11.7. The van der Waals surface area contributed by atoms with Gasteiger partial charge in [0.15, 0.2) is 0 Å². The monoisotopic (exact) mass is 282 g/mol. The van der Waals surface area contributed by atoms with E-state index in [1.807, 2.05) is 6.20 Å². The van der Waals surface area contributed by atoms with Crippen molar-refractivity contribution in [3.63, 3.8) is 0 Å². The van der Waals surface area contributed by atoms with Gasteiger partial charge < -0.3 is 4.90 Å². The van der Waals surface area contributed by atoms with Gasteiger partial charge in [0, 0.05) is 22.8 Å². The molecule has 0 spiro atoms. The molecule has 0 aliphatic carbocycles. The fraction of sp³-hybridized carbons (Fsp3) is 0.615. The smallest absolute Gasteiger partial charge is 0.129 e. The highest BCUT2D eigenvalue weighted by atomic mass is 79.9. The lowest BCUT2D eigenvalue weighted by Crippen LogP contribution is -2.44. The second-order valence-corrected chi connectivity index (χ2v) is 5.68. The van der Waals surface area contributed by atoms with Crippen LogP contribution in [0.1, 0.15) is 38.7 Å². The largest absolute Gasteiger partial charge is 0.351 e. The molecule has 1 aliphatic heterocycles. The first kappa shape index (κ1) is 11.9. The van der Waals surface area contributed by atoms with Gasteiger partial charge in [0.2, 0.25) is 0 Å². The molecule has 1 aliphatic rings. The number of rotatable bonds is 1. The molecule has 1 fully saturated rings. The lowest BCUT2D eigenvalue weighted by molar-refractivity contribution is 0.411. The van der Waals surface area contributed by atoms with E-state index in [0.29, 0.717) is 12.1 Å². The molecule has 0 saturated carbocycles. The van der Waals surface area contributed by atoms with Gasteiger partial charge >= 0.3 is 0 Å². The van der Waals surface area contributed by atoms with Crippen LogP contribution in [-0.4, -0.2) is 17.1 Å². The highest BCUT2D eigenvalue weighted by Gasteiger charge is 2.25. The molecule has 0 amide bonds. The Bertz CT molecular complexity index is 368. The second-order valence-electron chi connectivity index (χ2n) is 4.83. The number of pyridine rings is 1. The summed E-state index contributed by atoms with van der Waals surface area (Å²) in [4.78, 5) is 7.00. The maximum absolute atomic E-state index is 4.54. The predicted molar refractivity (Wildman–Crippen MR) is 71.9 cm³/mol. The van der Waals surface area contributed by atoms with Crippen LogP contribution >= 0.6 is 15.9 Å². The van der Waals surface area contributed by atoms with E-state index < -0.39 is 0 Å². The van der Waals surface area contributed by atoms with E-state index in [1.165, 1.54) is 24.8 Å². The third-order valence-electron chi connectivity index (χ3n) is 3.49. The van der Waals surface area contributed by atoms with Crippen LogP contribution in [0.25, 0.3) is 0 Å². The molecule has 2 atom stereocenters. The number of aryl methyl sites for hydroxylation is 1. The molecule has 88 valence electrons. The Balaban J connectivity index is 2.30. The van der Waals surface area contributed by atoms with E-state index in [-0.39, 0.29) is 0 Å². The summed E-state index contributed by atoms with van der Waals surface area (Å²) in [5.41, 5.74) is 1.26. The minimum absolute atomic E-state index is 0.608. The topological polar surface area (TPSA) is 16.1 Å². The van der Waals surface area contributed by atoms with Gasteiger partial charge in [0.25, 0.3) is 0 Å². The van der Waals surface area contributed by atoms with Crippen molar-refractivity contribution in [2.75, 3.05) is 4.90 Å². The SMILES string of the molecule is Cc1cc(N2[C@H](C)CCC[C@@H]2C)ncc1Br. The number of hydrogen-bond donors (Lipinski definition) is 0. The molecule has 16 heavy (non-hydrogen) atoms. The van der Waals surface area contributed by atoms with Crippen molar-refractivity contribution in [3.8, 4) is 0 Å². The number of hydrogen-bond acceptors (Lipinski definition) is 2. The van der Waals surface area contributed by atoms with Gasteiger partial charge in [0.1, 0.15) is 5.82 Å². The highest BCUT2D eigenvalue weighted by molar-refractivity contribution is 9.10. The first-order chi connectivity index (χ1) is 7.59. The number of anilines is 1. The molecule has 0 N–H and O–H groups in total. The molecule has 2 heterocycles. The Morgan fingerprint density at radius 1 is 1.31 bits per heavy atom. The van der Waals surface area contributed by atoms with Gasteiger partial charge in [-0.25, -0.2) is 4.98 Å². The fourth-order valence-corrected chi connectivity index (χ4v) is 2.76. The molecule has 0 radical (unpaired) electrons. The zero-order valence-electron chi connectivity index (χ0n) is 10.2. The molecule has 3 heteroatoms. The quantitative estimate of drug-likeness (QED) is 0.776. The maximum Gasteiger partial charge on any atom is 0.129 e. The van der Waals surface area contributed by atoms with Crippen LogP contribution in [0.4, 0.5) is 5.82 Å². The summed E-state index contributed by atoms with van der Waals surface area (Å²) in [5, 5.41) is 0. The summed E-state index contributed by atoms with van der Waals surface area (Å²) in [6.45, 7) is 6.72. The Hall–Kier alpha value is -0.570. The molecule has 0 unspecified atom stereocenters. The van der Waals surface area contributed by atoms with Crippen LogP contribution in [-0.2, 0) is 0 Å². The summed E-state index contributed by atoms with van der Waals surface area (Å²) in [6, 6.07) is 3.40. The van der Waals surface area contributed by atoms with Crippen LogP contribution in [0, 0.1) is 6.92 Å². The predicted octanol–water partition coefficient (Wildman–Crippen LogP) is 3.92. The molecule has 0 aromatic carbocycles. The first-order valence-electron chi connectivity index (χ1n) is 6.00. The van der Waals surface area contributed by atoms with E-state index in [4.69, 9.17) is 0 Å². The third kappa shape index (κ3) is 2.24. The Morgan fingerprint density at radius 3 is 2.50 bits per heavy atom. The number of piperidine rings is 1. The molecule has 2 nitrogen and oxygen atoms in total. The summed E-state index contributed by atoms with van der Waals surface area (Å²) in [6.07, 6.45) is 5.81. The van der Waals surface area contributed by atoms with Crippen LogP contribution in [0.2, 0.25) is 0 Å². The van der Waals surface area contributed by atoms with Crippen LogP contribution in [0.3, 0.4) is 0 Å². The van der Waals surface area contributed by atoms with Crippen molar-refractivity contribution >= 4 is 21.7 Å². The molecule has 1 aromatic rings. The Labute approximate surface area is 106 Å². The molecule has 1 aromatic heterocycles. The van der Waals surface area contributed by atoms with Crippen molar-refractivity contribution in [3.05, 3.63) is 22.3 Å². The van der Waals surface area contributed by atoms with E-state index in [2.05, 4.69) is 52.7 Å². The van der Waals surface area contributed by atoms with Gasteiger partial charge in [-0.2, -0.15) is 0 Å². The molecule has 2 rings (SSSR count). The van der Waals surface area contributed by atoms with Crippen molar-refractivity contribution in [1.82, 2.24) is 4.98 Å². The summed E-state index contributed by atoms with van der Waals surface area (Å²) < 4.78 is 1.09. The van der Waals surface area contributed by atoms with Gasteiger partial charge in [-0.1, -0.05) is 0 Å². The Morgan fingerprint density at radius 2 is 1.94 bits per heavy atom. The van der Waals surface area contributed by atoms with E-state index in [0.717, 1.165) is 10.3 Å². The second kappa shape index (κ2) is 4.74. The Kier molecular flexibility index (Phi) is 3.53. The fourth-order valence-electron chi connectivity index (χ4n) is 2.54. The van der Waals surface area contributed by atoms with Crippen molar-refractivity contribution in [2.24, 2.45) is 0 Å². The van der Waals surface area contributed by atoms with E-state index >= 15 is 0 Å². The molecule has 1 saturated heterocycles. The minimum atomic E-state index is 0.608.